The summed E-state index contributed by atoms with van der Waals surface area (Å²) in [6, 6.07) is 4.04. The van der Waals surface area contributed by atoms with E-state index in [4.69, 9.17) is 4.74 Å². The third-order valence-electron chi connectivity index (χ3n) is 4.84. The molecule has 0 saturated carbocycles. The molecule has 0 amide bonds. The lowest BCUT2D eigenvalue weighted by atomic mass is 10.1. The van der Waals surface area contributed by atoms with Crippen LogP contribution in [0.5, 0.6) is 0 Å². The Morgan fingerprint density at radius 2 is 2.00 bits per heavy atom. The Hall–Kier alpha value is -1.73. The Labute approximate surface area is 136 Å². The Morgan fingerprint density at radius 1 is 1.13 bits per heavy atom. The van der Waals surface area contributed by atoms with Crippen LogP contribution in [0.15, 0.2) is 12.1 Å². The van der Waals surface area contributed by atoms with Gasteiger partial charge in [0.2, 0.25) is 0 Å². The Morgan fingerprint density at radius 3 is 2.78 bits per heavy atom. The van der Waals surface area contributed by atoms with Gasteiger partial charge in [-0.05, 0) is 38.3 Å². The monoisotopic (exact) mass is 316 g/mol. The molecular weight excluding hydrogens is 292 g/mol. The van der Waals surface area contributed by atoms with Crippen molar-refractivity contribution in [1.82, 2.24) is 24.7 Å². The third-order valence-corrected chi connectivity index (χ3v) is 4.84. The molecule has 4 rings (SSSR count). The van der Waals surface area contributed by atoms with Gasteiger partial charge in [-0.15, -0.1) is 15.3 Å². The number of aryl methyl sites for hydroxylation is 1. The quantitative estimate of drug-likeness (QED) is 0.846. The first-order chi connectivity index (χ1) is 11.3. The second kappa shape index (κ2) is 6.41. The lowest BCUT2D eigenvalue weighted by Crippen LogP contribution is -2.49. The van der Waals surface area contributed by atoms with Crippen molar-refractivity contribution in [3.63, 3.8) is 0 Å². The molecule has 0 radical (unpaired) electrons. The van der Waals surface area contributed by atoms with Gasteiger partial charge in [-0.2, -0.15) is 4.52 Å². The minimum absolute atomic E-state index is 0.435. The van der Waals surface area contributed by atoms with Gasteiger partial charge in [-0.3, -0.25) is 4.90 Å². The van der Waals surface area contributed by atoms with Crippen molar-refractivity contribution in [3.8, 4) is 0 Å². The van der Waals surface area contributed by atoms with Crippen LogP contribution >= 0.6 is 0 Å². The van der Waals surface area contributed by atoms with Crippen molar-refractivity contribution in [1.29, 1.82) is 0 Å². The van der Waals surface area contributed by atoms with Crippen LogP contribution in [-0.4, -0.2) is 70.1 Å². The molecule has 0 aromatic carbocycles. The zero-order valence-electron chi connectivity index (χ0n) is 13.7. The number of hydrogen-bond acceptors (Lipinski definition) is 6. The van der Waals surface area contributed by atoms with E-state index in [0.717, 1.165) is 56.6 Å². The van der Waals surface area contributed by atoms with Crippen LogP contribution in [0.1, 0.15) is 25.1 Å². The number of aromatic nitrogens is 4. The lowest BCUT2D eigenvalue weighted by molar-refractivity contribution is -0.00647. The maximum atomic E-state index is 5.86. The molecule has 2 fully saturated rings. The van der Waals surface area contributed by atoms with E-state index >= 15 is 0 Å². The van der Waals surface area contributed by atoms with Crippen LogP contribution in [0.2, 0.25) is 0 Å². The van der Waals surface area contributed by atoms with Crippen molar-refractivity contribution in [3.05, 3.63) is 18.0 Å². The van der Waals surface area contributed by atoms with E-state index in [9.17, 15) is 0 Å². The molecule has 124 valence electrons. The maximum Gasteiger partial charge on any atom is 0.178 e. The molecule has 2 aliphatic rings. The summed E-state index contributed by atoms with van der Waals surface area (Å²) in [7, 11) is 0. The average molecular weight is 316 g/mol. The summed E-state index contributed by atoms with van der Waals surface area (Å²) in [5.41, 5.74) is 0.805. The van der Waals surface area contributed by atoms with Gasteiger partial charge in [-0.25, -0.2) is 0 Å². The number of fused-ring (bicyclic) bond motifs is 1. The zero-order chi connectivity index (χ0) is 15.6. The summed E-state index contributed by atoms with van der Waals surface area (Å²) in [4.78, 5) is 4.87. The predicted molar refractivity (Wildman–Crippen MR) is 87.8 cm³/mol. The number of hydrogen-bond donors (Lipinski definition) is 0. The van der Waals surface area contributed by atoms with Crippen LogP contribution in [0, 0.1) is 6.92 Å². The molecule has 23 heavy (non-hydrogen) atoms. The summed E-state index contributed by atoms with van der Waals surface area (Å²) in [5.74, 6) is 1.84. The van der Waals surface area contributed by atoms with Crippen LogP contribution < -0.4 is 4.90 Å². The summed E-state index contributed by atoms with van der Waals surface area (Å²) < 4.78 is 7.68. The molecule has 2 aliphatic heterocycles. The molecule has 0 aliphatic carbocycles. The SMILES string of the molecule is Cc1nnc2ccc(N3CCN(C[C@H]4CCCCO4)CC3)nn12. The summed E-state index contributed by atoms with van der Waals surface area (Å²) in [6.45, 7) is 8.09. The summed E-state index contributed by atoms with van der Waals surface area (Å²) >= 11 is 0. The third kappa shape index (κ3) is 3.16. The Bertz CT molecular complexity index is 658. The number of nitrogens with zero attached hydrogens (tertiary/aromatic N) is 6. The number of rotatable bonds is 3. The molecule has 0 unspecified atom stereocenters. The number of piperazine rings is 1. The highest BCUT2D eigenvalue weighted by Gasteiger charge is 2.22. The lowest BCUT2D eigenvalue weighted by Gasteiger charge is -2.37. The zero-order valence-corrected chi connectivity index (χ0v) is 13.7. The minimum Gasteiger partial charge on any atom is -0.377 e. The molecule has 4 heterocycles. The van der Waals surface area contributed by atoms with Gasteiger partial charge >= 0.3 is 0 Å². The molecule has 0 spiro atoms. The first-order valence-electron chi connectivity index (χ1n) is 8.57. The molecule has 2 saturated heterocycles. The van der Waals surface area contributed by atoms with Crippen LogP contribution in [0.25, 0.3) is 5.65 Å². The molecule has 7 heteroatoms. The average Bonchev–Trinajstić information content (AvgIpc) is 2.97. The fourth-order valence-electron chi connectivity index (χ4n) is 3.45. The van der Waals surface area contributed by atoms with E-state index in [1.807, 2.05) is 23.6 Å². The van der Waals surface area contributed by atoms with Crippen LogP contribution in [0.3, 0.4) is 0 Å². The van der Waals surface area contributed by atoms with Gasteiger partial charge in [0, 0.05) is 39.3 Å². The summed E-state index contributed by atoms with van der Waals surface area (Å²) in [5, 5.41) is 12.8. The van der Waals surface area contributed by atoms with Gasteiger partial charge in [0.25, 0.3) is 0 Å². The van der Waals surface area contributed by atoms with Gasteiger partial charge in [0.05, 0.1) is 6.10 Å². The highest BCUT2D eigenvalue weighted by atomic mass is 16.5. The molecule has 2 aromatic heterocycles. The Balaban J connectivity index is 1.37. The molecule has 0 bridgehead atoms. The van der Waals surface area contributed by atoms with Gasteiger partial charge in [0.15, 0.2) is 11.5 Å². The normalized spacial score (nSPS) is 23.5. The molecule has 1 atom stereocenters. The number of anilines is 1. The van der Waals surface area contributed by atoms with Crippen molar-refractivity contribution >= 4 is 11.5 Å². The largest absolute Gasteiger partial charge is 0.377 e. The second-order valence-corrected chi connectivity index (χ2v) is 6.48. The van der Waals surface area contributed by atoms with E-state index in [1.165, 1.54) is 19.3 Å². The van der Waals surface area contributed by atoms with Crippen molar-refractivity contribution in [2.45, 2.75) is 32.3 Å². The first-order valence-corrected chi connectivity index (χ1v) is 8.57. The smallest absolute Gasteiger partial charge is 0.178 e. The predicted octanol–water partition coefficient (Wildman–Crippen LogP) is 1.12. The number of ether oxygens (including phenoxy) is 1. The summed E-state index contributed by atoms with van der Waals surface area (Å²) in [6.07, 6.45) is 4.18. The van der Waals surface area contributed by atoms with Gasteiger partial charge in [-0.1, -0.05) is 0 Å². The molecule has 7 nitrogen and oxygen atoms in total. The van der Waals surface area contributed by atoms with Crippen molar-refractivity contribution in [2.75, 3.05) is 44.2 Å². The van der Waals surface area contributed by atoms with E-state index in [0.29, 0.717) is 6.10 Å². The van der Waals surface area contributed by atoms with Gasteiger partial charge in [0.1, 0.15) is 5.82 Å². The van der Waals surface area contributed by atoms with Gasteiger partial charge < -0.3 is 9.64 Å². The second-order valence-electron chi connectivity index (χ2n) is 6.48. The Kier molecular flexibility index (Phi) is 4.13. The van der Waals surface area contributed by atoms with E-state index < -0.39 is 0 Å². The van der Waals surface area contributed by atoms with Crippen molar-refractivity contribution in [2.24, 2.45) is 0 Å². The minimum atomic E-state index is 0.435. The highest BCUT2D eigenvalue weighted by molar-refractivity contribution is 5.46. The topological polar surface area (TPSA) is 58.8 Å². The van der Waals surface area contributed by atoms with E-state index in [1.54, 1.807) is 0 Å². The van der Waals surface area contributed by atoms with Crippen LogP contribution in [0.4, 0.5) is 5.82 Å². The molecular formula is C16H24N6O. The van der Waals surface area contributed by atoms with Crippen molar-refractivity contribution < 1.29 is 4.74 Å². The fraction of sp³-hybridized carbons (Fsp3) is 0.688. The fourth-order valence-corrected chi connectivity index (χ4v) is 3.45. The molecule has 0 N–H and O–H groups in total. The maximum absolute atomic E-state index is 5.86. The first kappa shape index (κ1) is 14.8. The molecule has 2 aromatic rings. The highest BCUT2D eigenvalue weighted by Crippen LogP contribution is 2.17. The van der Waals surface area contributed by atoms with E-state index in [-0.39, 0.29) is 0 Å². The van der Waals surface area contributed by atoms with Crippen LogP contribution in [-0.2, 0) is 4.74 Å². The standard InChI is InChI=1S/C16H24N6O/c1-13-17-18-15-5-6-16(19-22(13)15)21-9-7-20(8-10-21)12-14-4-2-3-11-23-14/h5-6,14H,2-4,7-12H2,1H3/t14-/m1/s1. The van der Waals surface area contributed by atoms with E-state index in [2.05, 4.69) is 25.1 Å².